The van der Waals surface area contributed by atoms with E-state index in [4.69, 9.17) is 11.1 Å². The lowest BCUT2D eigenvalue weighted by molar-refractivity contribution is 0.582. The van der Waals surface area contributed by atoms with E-state index in [2.05, 4.69) is 13.8 Å². The molecule has 1 aromatic carbocycles. The predicted octanol–water partition coefficient (Wildman–Crippen LogP) is 2.73. The number of nitrogens with one attached hydrogen (secondary N) is 1. The Balaban J connectivity index is 2.95. The largest absolute Gasteiger partial charge is 0.384 e. The van der Waals surface area contributed by atoms with Crippen LogP contribution in [0.1, 0.15) is 32.3 Å². The van der Waals surface area contributed by atoms with Crippen LogP contribution < -0.4 is 10.6 Å². The molecule has 1 atom stereocenters. The number of anilines is 1. The molecule has 0 spiro atoms. The van der Waals surface area contributed by atoms with Crippen molar-refractivity contribution in [3.8, 4) is 0 Å². The van der Waals surface area contributed by atoms with E-state index in [0.29, 0.717) is 11.3 Å². The first-order chi connectivity index (χ1) is 7.97. The predicted molar refractivity (Wildman–Crippen MR) is 70.2 cm³/mol. The first kappa shape index (κ1) is 13.5. The molecule has 1 aromatic rings. The van der Waals surface area contributed by atoms with Crippen molar-refractivity contribution < 1.29 is 4.39 Å². The zero-order valence-electron chi connectivity index (χ0n) is 10.6. The third-order valence-corrected chi connectivity index (χ3v) is 3.01. The normalized spacial score (nSPS) is 12.2. The van der Waals surface area contributed by atoms with E-state index in [1.807, 2.05) is 11.9 Å². The minimum Gasteiger partial charge on any atom is -0.384 e. The molecule has 1 rings (SSSR count). The second-order valence-electron chi connectivity index (χ2n) is 4.33. The number of rotatable bonds is 5. The number of nitrogens with two attached hydrogens (primary N) is 1. The molecule has 0 saturated heterocycles. The molecule has 0 amide bonds. The van der Waals surface area contributed by atoms with Crippen molar-refractivity contribution >= 4 is 11.5 Å². The summed E-state index contributed by atoms with van der Waals surface area (Å²) in [6.45, 7) is 4.18. The minimum atomic E-state index is -0.330. The Morgan fingerprint density at radius 2 is 2.18 bits per heavy atom. The molecule has 0 aromatic heterocycles. The van der Waals surface area contributed by atoms with Crippen molar-refractivity contribution in [2.75, 3.05) is 11.9 Å². The monoisotopic (exact) mass is 237 g/mol. The molecule has 0 radical (unpaired) electrons. The van der Waals surface area contributed by atoms with Gasteiger partial charge in [-0.15, -0.1) is 0 Å². The number of nitrogens with zero attached hydrogens (tertiary/aromatic N) is 1. The lowest BCUT2D eigenvalue weighted by Gasteiger charge is -2.27. The molecule has 0 aliphatic heterocycles. The Bertz CT molecular complexity index is 404. The summed E-state index contributed by atoms with van der Waals surface area (Å²) >= 11 is 0. The zero-order chi connectivity index (χ0) is 13.0. The van der Waals surface area contributed by atoms with Gasteiger partial charge in [0.1, 0.15) is 11.7 Å². The summed E-state index contributed by atoms with van der Waals surface area (Å²) in [6.07, 6.45) is 2.09. The lowest BCUT2D eigenvalue weighted by atomic mass is 10.1. The van der Waals surface area contributed by atoms with E-state index in [9.17, 15) is 4.39 Å². The minimum absolute atomic E-state index is 0.111. The van der Waals surface area contributed by atoms with Gasteiger partial charge in [0.05, 0.1) is 5.69 Å². The Hall–Kier alpha value is -1.58. The molecule has 0 bridgehead atoms. The van der Waals surface area contributed by atoms with Crippen LogP contribution in [-0.2, 0) is 0 Å². The van der Waals surface area contributed by atoms with Crippen LogP contribution in [0.2, 0.25) is 0 Å². The highest BCUT2D eigenvalue weighted by molar-refractivity contribution is 5.95. The van der Waals surface area contributed by atoms with Gasteiger partial charge >= 0.3 is 0 Å². The van der Waals surface area contributed by atoms with Gasteiger partial charge in [0.25, 0.3) is 0 Å². The van der Waals surface area contributed by atoms with E-state index in [0.717, 1.165) is 12.8 Å². The average molecular weight is 237 g/mol. The topological polar surface area (TPSA) is 53.1 Å². The van der Waals surface area contributed by atoms with Gasteiger partial charge in [-0.3, -0.25) is 5.41 Å². The van der Waals surface area contributed by atoms with Crippen LogP contribution in [0.3, 0.4) is 0 Å². The fraction of sp³-hybridized carbons (Fsp3) is 0.462. The maximum absolute atomic E-state index is 13.9. The number of hydrogen-bond donors (Lipinski definition) is 2. The zero-order valence-corrected chi connectivity index (χ0v) is 10.6. The molecule has 0 saturated carbocycles. The molecular weight excluding hydrogens is 217 g/mol. The highest BCUT2D eigenvalue weighted by atomic mass is 19.1. The van der Waals surface area contributed by atoms with Gasteiger partial charge in [0, 0.05) is 18.7 Å². The third kappa shape index (κ3) is 3.19. The summed E-state index contributed by atoms with van der Waals surface area (Å²) in [7, 11) is 1.88. The van der Waals surface area contributed by atoms with Crippen LogP contribution in [0.5, 0.6) is 0 Å². The van der Waals surface area contributed by atoms with Crippen LogP contribution in [0, 0.1) is 11.2 Å². The van der Waals surface area contributed by atoms with Crippen LogP contribution in [0.15, 0.2) is 18.2 Å². The maximum atomic E-state index is 13.9. The van der Waals surface area contributed by atoms with Gasteiger partial charge in [-0.2, -0.15) is 0 Å². The first-order valence-corrected chi connectivity index (χ1v) is 5.84. The number of amidine groups is 1. The van der Waals surface area contributed by atoms with Gasteiger partial charge in [-0.1, -0.05) is 13.3 Å². The number of nitrogen functional groups attached to an aromatic ring is 1. The fourth-order valence-electron chi connectivity index (χ4n) is 1.81. The standard InChI is InChI=1S/C13H20FN3/c1-4-5-9(2)17(3)12-7-6-10(13(15)16)8-11(12)14/h6-9H,4-5H2,1-3H3,(H3,15,16). The average Bonchev–Trinajstić information content (AvgIpc) is 2.28. The molecule has 1 unspecified atom stereocenters. The van der Waals surface area contributed by atoms with E-state index in [-0.39, 0.29) is 17.7 Å². The van der Waals surface area contributed by atoms with E-state index in [1.54, 1.807) is 12.1 Å². The van der Waals surface area contributed by atoms with Crippen molar-refractivity contribution in [1.29, 1.82) is 5.41 Å². The van der Waals surface area contributed by atoms with Crippen LogP contribution in [0.4, 0.5) is 10.1 Å². The Morgan fingerprint density at radius 3 is 2.65 bits per heavy atom. The van der Waals surface area contributed by atoms with Crippen LogP contribution in [-0.4, -0.2) is 18.9 Å². The van der Waals surface area contributed by atoms with Gasteiger partial charge < -0.3 is 10.6 Å². The quantitative estimate of drug-likeness (QED) is 0.611. The molecular formula is C13H20FN3. The van der Waals surface area contributed by atoms with E-state index >= 15 is 0 Å². The Morgan fingerprint density at radius 1 is 1.53 bits per heavy atom. The van der Waals surface area contributed by atoms with E-state index in [1.165, 1.54) is 6.07 Å². The van der Waals surface area contributed by atoms with Gasteiger partial charge in [-0.05, 0) is 31.5 Å². The van der Waals surface area contributed by atoms with Crippen LogP contribution >= 0.6 is 0 Å². The van der Waals surface area contributed by atoms with Crippen molar-refractivity contribution in [3.05, 3.63) is 29.6 Å². The van der Waals surface area contributed by atoms with Gasteiger partial charge in [-0.25, -0.2) is 4.39 Å². The molecule has 17 heavy (non-hydrogen) atoms. The number of hydrogen-bond acceptors (Lipinski definition) is 2. The summed E-state index contributed by atoms with van der Waals surface area (Å²) in [5.41, 5.74) is 6.29. The molecule has 0 aliphatic rings. The lowest BCUT2D eigenvalue weighted by Crippen LogP contribution is -2.29. The Kier molecular flexibility index (Phi) is 4.49. The smallest absolute Gasteiger partial charge is 0.147 e. The van der Waals surface area contributed by atoms with Crippen molar-refractivity contribution in [3.63, 3.8) is 0 Å². The molecule has 3 N–H and O–H groups in total. The molecule has 0 aliphatic carbocycles. The van der Waals surface area contributed by atoms with E-state index < -0.39 is 0 Å². The second kappa shape index (κ2) is 5.66. The molecule has 4 heteroatoms. The van der Waals surface area contributed by atoms with Gasteiger partial charge in [0.2, 0.25) is 0 Å². The maximum Gasteiger partial charge on any atom is 0.147 e. The fourth-order valence-corrected chi connectivity index (χ4v) is 1.81. The summed E-state index contributed by atoms with van der Waals surface area (Å²) in [6, 6.07) is 4.96. The number of halogens is 1. The molecule has 3 nitrogen and oxygen atoms in total. The molecule has 0 heterocycles. The number of benzene rings is 1. The highest BCUT2D eigenvalue weighted by Gasteiger charge is 2.14. The van der Waals surface area contributed by atoms with Crippen molar-refractivity contribution in [2.45, 2.75) is 32.7 Å². The SMILES string of the molecule is CCCC(C)N(C)c1ccc(C(=N)N)cc1F. The second-order valence-corrected chi connectivity index (χ2v) is 4.33. The highest BCUT2D eigenvalue weighted by Crippen LogP contribution is 2.22. The molecule has 0 fully saturated rings. The first-order valence-electron chi connectivity index (χ1n) is 5.84. The summed E-state index contributed by atoms with van der Waals surface area (Å²) in [5.74, 6) is -0.442. The Labute approximate surface area is 102 Å². The van der Waals surface area contributed by atoms with Crippen LogP contribution in [0.25, 0.3) is 0 Å². The molecule has 94 valence electrons. The summed E-state index contributed by atoms with van der Waals surface area (Å²) in [5, 5.41) is 7.26. The van der Waals surface area contributed by atoms with Crippen molar-refractivity contribution in [2.24, 2.45) is 5.73 Å². The summed E-state index contributed by atoms with van der Waals surface area (Å²) < 4.78 is 13.9. The summed E-state index contributed by atoms with van der Waals surface area (Å²) in [4.78, 5) is 1.92. The van der Waals surface area contributed by atoms with Crippen molar-refractivity contribution in [1.82, 2.24) is 0 Å². The third-order valence-electron chi connectivity index (χ3n) is 3.01. The van der Waals surface area contributed by atoms with Gasteiger partial charge in [0.15, 0.2) is 0 Å².